The fraction of sp³-hybridized carbons (Fsp3) is 0.111. The Morgan fingerprint density at radius 2 is 1.43 bits per heavy atom. The molecule has 2 N–H and O–H groups in total. The molecule has 0 aliphatic carbocycles. The van der Waals surface area contributed by atoms with Crippen molar-refractivity contribution in [1.82, 2.24) is 10.3 Å². The number of amides is 2. The highest BCUT2D eigenvalue weighted by molar-refractivity contribution is 5.91. The lowest BCUT2D eigenvalue weighted by molar-refractivity contribution is -0.274. The van der Waals surface area contributed by atoms with E-state index >= 15 is 0 Å². The van der Waals surface area contributed by atoms with Crippen LogP contribution >= 0.6 is 0 Å². The molecule has 0 radical (unpaired) electrons. The minimum Gasteiger partial charge on any atom is -0.404 e. The molecule has 178 valence electrons. The van der Waals surface area contributed by atoms with Gasteiger partial charge in [-0.2, -0.15) is 0 Å². The molecule has 4 rings (SSSR count). The topological polar surface area (TPSA) is 63.2 Å². The first kappa shape index (κ1) is 23.8. The Balaban J connectivity index is 1.74. The molecule has 1 heterocycles. The van der Waals surface area contributed by atoms with Gasteiger partial charge in [-0.3, -0.25) is 4.98 Å². The lowest BCUT2D eigenvalue weighted by atomic mass is 9.80. The standard InChI is InChI=1S/C27H22F3N3O2/c28-27(29,30)35-23-16-8-7-15-22(23)32-25(34)33-26(21-13-5-2-6-14-21,24-17-9-10-18-31-24)19-20-11-3-1-4-12-20/h1-18H,19H2,(H2,32,33,34). The summed E-state index contributed by atoms with van der Waals surface area (Å²) in [6.45, 7) is 0. The number of anilines is 1. The van der Waals surface area contributed by atoms with E-state index in [0.717, 1.165) is 17.2 Å². The zero-order chi connectivity index (χ0) is 24.7. The second-order valence-electron chi connectivity index (χ2n) is 7.77. The van der Waals surface area contributed by atoms with E-state index < -0.39 is 23.7 Å². The van der Waals surface area contributed by atoms with Gasteiger partial charge in [-0.1, -0.05) is 78.9 Å². The third-order valence-electron chi connectivity index (χ3n) is 5.37. The van der Waals surface area contributed by atoms with E-state index in [1.54, 1.807) is 18.3 Å². The van der Waals surface area contributed by atoms with Crippen molar-refractivity contribution in [3.8, 4) is 5.75 Å². The maximum Gasteiger partial charge on any atom is 0.573 e. The normalized spacial score (nSPS) is 12.9. The summed E-state index contributed by atoms with van der Waals surface area (Å²) in [6.07, 6.45) is -2.92. The Kier molecular flexibility index (Phi) is 7.01. The van der Waals surface area contributed by atoms with Gasteiger partial charge in [-0.25, -0.2) is 4.79 Å². The lowest BCUT2D eigenvalue weighted by Crippen LogP contribution is -2.50. The molecule has 8 heteroatoms. The molecule has 0 aliphatic rings. The van der Waals surface area contributed by atoms with E-state index in [9.17, 15) is 18.0 Å². The summed E-state index contributed by atoms with van der Waals surface area (Å²) in [5.41, 5.74) is 1.03. The van der Waals surface area contributed by atoms with E-state index in [-0.39, 0.29) is 5.69 Å². The van der Waals surface area contributed by atoms with Crippen LogP contribution in [0.1, 0.15) is 16.8 Å². The molecule has 1 atom stereocenters. The number of rotatable bonds is 7. The van der Waals surface area contributed by atoms with Crippen LogP contribution < -0.4 is 15.4 Å². The van der Waals surface area contributed by atoms with E-state index in [1.165, 1.54) is 18.2 Å². The number of pyridine rings is 1. The van der Waals surface area contributed by atoms with Gasteiger partial charge in [-0.15, -0.1) is 13.2 Å². The second-order valence-corrected chi connectivity index (χ2v) is 7.77. The van der Waals surface area contributed by atoms with Crippen molar-refractivity contribution in [1.29, 1.82) is 0 Å². The highest BCUT2D eigenvalue weighted by Gasteiger charge is 2.38. The number of benzene rings is 3. The maximum atomic E-state index is 13.3. The SMILES string of the molecule is O=C(Nc1ccccc1OC(F)(F)F)NC(Cc1ccccc1)(c1ccccc1)c1ccccn1. The number of aromatic nitrogens is 1. The molecule has 0 spiro atoms. The average Bonchev–Trinajstić information content (AvgIpc) is 2.86. The number of hydrogen-bond acceptors (Lipinski definition) is 3. The average molecular weight is 477 g/mol. The maximum absolute atomic E-state index is 13.3. The minimum absolute atomic E-state index is 0.120. The van der Waals surface area contributed by atoms with Crippen molar-refractivity contribution in [2.45, 2.75) is 18.3 Å². The molecular weight excluding hydrogens is 455 g/mol. The molecule has 0 bridgehead atoms. The van der Waals surface area contributed by atoms with Crippen LogP contribution in [-0.2, 0) is 12.0 Å². The van der Waals surface area contributed by atoms with Crippen LogP contribution in [0.5, 0.6) is 5.75 Å². The monoisotopic (exact) mass is 477 g/mol. The van der Waals surface area contributed by atoms with Crippen LogP contribution in [0.15, 0.2) is 109 Å². The van der Waals surface area contributed by atoms with Gasteiger partial charge in [-0.05, 0) is 35.4 Å². The first-order chi connectivity index (χ1) is 16.9. The van der Waals surface area contributed by atoms with E-state index in [1.807, 2.05) is 66.7 Å². The molecule has 0 saturated heterocycles. The number of alkyl halides is 3. The van der Waals surface area contributed by atoms with Crippen LogP contribution in [-0.4, -0.2) is 17.4 Å². The minimum atomic E-state index is -4.90. The first-order valence-electron chi connectivity index (χ1n) is 10.8. The van der Waals surface area contributed by atoms with E-state index in [4.69, 9.17) is 0 Å². The number of nitrogens with zero attached hydrogens (tertiary/aromatic N) is 1. The number of halogens is 3. The highest BCUT2D eigenvalue weighted by atomic mass is 19.4. The van der Waals surface area contributed by atoms with E-state index in [2.05, 4.69) is 20.4 Å². The molecule has 3 aromatic carbocycles. The summed E-state index contributed by atoms with van der Waals surface area (Å²) >= 11 is 0. The van der Waals surface area contributed by atoms with Crippen molar-refractivity contribution in [2.75, 3.05) is 5.32 Å². The van der Waals surface area contributed by atoms with Crippen molar-refractivity contribution >= 4 is 11.7 Å². The lowest BCUT2D eigenvalue weighted by Gasteiger charge is -2.35. The number of urea groups is 1. The van der Waals surface area contributed by atoms with Gasteiger partial charge < -0.3 is 15.4 Å². The highest BCUT2D eigenvalue weighted by Crippen LogP contribution is 2.34. The number of para-hydroxylation sites is 2. The van der Waals surface area contributed by atoms with Gasteiger partial charge in [0.25, 0.3) is 0 Å². The molecule has 35 heavy (non-hydrogen) atoms. The fourth-order valence-corrected chi connectivity index (χ4v) is 3.89. The fourth-order valence-electron chi connectivity index (χ4n) is 3.89. The molecule has 4 aromatic rings. The molecule has 1 aromatic heterocycles. The van der Waals surface area contributed by atoms with Gasteiger partial charge in [0.15, 0.2) is 5.75 Å². The van der Waals surface area contributed by atoms with Gasteiger partial charge in [0.2, 0.25) is 0 Å². The van der Waals surface area contributed by atoms with Crippen LogP contribution in [0.25, 0.3) is 0 Å². The Morgan fingerprint density at radius 1 is 0.800 bits per heavy atom. The third kappa shape index (κ3) is 5.97. The molecular formula is C27H22F3N3O2. The van der Waals surface area contributed by atoms with E-state index in [0.29, 0.717) is 12.1 Å². The van der Waals surface area contributed by atoms with Crippen molar-refractivity contribution < 1.29 is 22.7 Å². The van der Waals surface area contributed by atoms with Crippen LogP contribution in [0.4, 0.5) is 23.7 Å². The summed E-state index contributed by atoms with van der Waals surface area (Å²) in [4.78, 5) is 17.8. The predicted octanol–water partition coefficient (Wildman–Crippen LogP) is 6.29. The Morgan fingerprint density at radius 3 is 2.09 bits per heavy atom. The molecule has 0 saturated carbocycles. The summed E-state index contributed by atoms with van der Waals surface area (Å²) in [5.74, 6) is -0.513. The molecule has 5 nitrogen and oxygen atoms in total. The second kappa shape index (κ2) is 10.3. The van der Waals surface area contributed by atoms with Gasteiger partial charge in [0, 0.05) is 12.6 Å². The molecule has 1 unspecified atom stereocenters. The number of carbonyl (C=O) groups is 1. The predicted molar refractivity (Wildman–Crippen MR) is 127 cm³/mol. The van der Waals surface area contributed by atoms with Gasteiger partial charge in [0.1, 0.15) is 5.54 Å². The zero-order valence-electron chi connectivity index (χ0n) is 18.5. The molecule has 0 aliphatic heterocycles. The van der Waals surface area contributed by atoms with Gasteiger partial charge in [0.05, 0.1) is 11.4 Å². The Bertz CT molecular complexity index is 1210. The smallest absolute Gasteiger partial charge is 0.404 e. The summed E-state index contributed by atoms with van der Waals surface area (Å²) in [6, 6.07) is 28.9. The quantitative estimate of drug-likeness (QED) is 0.329. The van der Waals surface area contributed by atoms with Crippen LogP contribution in [0.3, 0.4) is 0 Å². The van der Waals surface area contributed by atoms with Crippen molar-refractivity contribution in [2.24, 2.45) is 0 Å². The summed E-state index contributed by atoms with van der Waals surface area (Å²) < 4.78 is 42.6. The largest absolute Gasteiger partial charge is 0.573 e. The van der Waals surface area contributed by atoms with Crippen LogP contribution in [0.2, 0.25) is 0 Å². The van der Waals surface area contributed by atoms with Crippen molar-refractivity contribution in [3.05, 3.63) is 126 Å². The Labute approximate surface area is 200 Å². The Hall–Kier alpha value is -4.33. The summed E-state index contributed by atoms with van der Waals surface area (Å²) in [5, 5.41) is 5.51. The number of carbonyl (C=O) groups excluding carboxylic acids is 1. The number of hydrogen-bond donors (Lipinski definition) is 2. The third-order valence-corrected chi connectivity index (χ3v) is 5.37. The molecule has 2 amide bonds. The van der Waals surface area contributed by atoms with Gasteiger partial charge >= 0.3 is 12.4 Å². The van der Waals surface area contributed by atoms with Crippen molar-refractivity contribution in [3.63, 3.8) is 0 Å². The zero-order valence-corrected chi connectivity index (χ0v) is 18.5. The number of ether oxygens (including phenoxy) is 1. The first-order valence-corrected chi connectivity index (χ1v) is 10.8. The van der Waals surface area contributed by atoms with Crippen LogP contribution in [0, 0.1) is 0 Å². The summed E-state index contributed by atoms with van der Waals surface area (Å²) in [7, 11) is 0. The number of nitrogens with one attached hydrogen (secondary N) is 2. The molecule has 0 fully saturated rings.